The minimum absolute atomic E-state index is 0.144. The Morgan fingerprint density at radius 3 is 2.31 bits per heavy atom. The van der Waals surface area contributed by atoms with Crippen LogP contribution in [0.1, 0.15) is 49.4 Å². The van der Waals surface area contributed by atoms with Crippen molar-refractivity contribution in [2.24, 2.45) is 0 Å². The van der Waals surface area contributed by atoms with Gasteiger partial charge in [0.05, 0.1) is 19.8 Å². The molecule has 1 N–H and O–H groups in total. The molecule has 0 bridgehead atoms. The first-order valence-corrected chi connectivity index (χ1v) is 7.92. The van der Waals surface area contributed by atoms with Crippen molar-refractivity contribution in [3.05, 3.63) is 46.3 Å². The van der Waals surface area contributed by atoms with Gasteiger partial charge in [0.2, 0.25) is 5.78 Å². The summed E-state index contributed by atoms with van der Waals surface area (Å²) >= 11 is 0. The molecule has 0 aliphatic rings. The molecule has 0 saturated carbocycles. The summed E-state index contributed by atoms with van der Waals surface area (Å²) in [5, 5.41) is 0. The van der Waals surface area contributed by atoms with Gasteiger partial charge in [-0.2, -0.15) is 0 Å². The molecule has 0 aliphatic heterocycles. The van der Waals surface area contributed by atoms with Crippen molar-refractivity contribution >= 4 is 17.5 Å². The number of carbonyl (C=O) groups excluding carboxylic acids is 3. The van der Waals surface area contributed by atoms with Crippen LogP contribution in [0.3, 0.4) is 0 Å². The summed E-state index contributed by atoms with van der Waals surface area (Å²) < 4.78 is 15.4. The Balaban J connectivity index is 2.14. The molecule has 0 amide bonds. The number of aromatic nitrogens is 1. The molecule has 0 unspecified atom stereocenters. The molecule has 0 spiro atoms. The van der Waals surface area contributed by atoms with Crippen LogP contribution in [-0.2, 0) is 4.74 Å². The molecule has 2 rings (SSSR count). The van der Waals surface area contributed by atoms with E-state index in [1.165, 1.54) is 21.1 Å². The largest absolute Gasteiger partial charge is 0.497 e. The first-order chi connectivity index (χ1) is 12.3. The second-order valence-electron chi connectivity index (χ2n) is 5.75. The maximum absolute atomic E-state index is 12.4. The molecule has 1 heterocycles. The van der Waals surface area contributed by atoms with Crippen molar-refractivity contribution in [2.45, 2.75) is 20.8 Å². The summed E-state index contributed by atoms with van der Waals surface area (Å²) in [7, 11) is 2.94. The molecule has 0 fully saturated rings. The van der Waals surface area contributed by atoms with Gasteiger partial charge in [0, 0.05) is 17.3 Å². The second-order valence-corrected chi connectivity index (χ2v) is 5.75. The highest BCUT2D eigenvalue weighted by Crippen LogP contribution is 2.25. The highest BCUT2D eigenvalue weighted by molar-refractivity contribution is 6.03. The maximum Gasteiger partial charge on any atom is 0.355 e. The summed E-state index contributed by atoms with van der Waals surface area (Å²) in [6, 6.07) is 4.74. The number of hydrogen-bond acceptors (Lipinski definition) is 6. The fraction of sp³-hybridized carbons (Fsp3) is 0.316. The van der Waals surface area contributed by atoms with Gasteiger partial charge in [-0.15, -0.1) is 0 Å². The van der Waals surface area contributed by atoms with Crippen molar-refractivity contribution in [3.63, 3.8) is 0 Å². The Bertz CT molecular complexity index is 865. The van der Waals surface area contributed by atoms with E-state index in [-0.39, 0.29) is 17.0 Å². The summed E-state index contributed by atoms with van der Waals surface area (Å²) in [6.45, 7) is 4.34. The Morgan fingerprint density at radius 1 is 1.08 bits per heavy atom. The summed E-state index contributed by atoms with van der Waals surface area (Å²) in [4.78, 5) is 39.1. The predicted octanol–water partition coefficient (Wildman–Crippen LogP) is 2.89. The molecule has 0 radical (unpaired) electrons. The van der Waals surface area contributed by atoms with E-state index in [1.807, 2.05) is 0 Å². The summed E-state index contributed by atoms with van der Waals surface area (Å²) in [5.41, 5.74) is 2.01. The molecule has 0 atom stereocenters. The predicted molar refractivity (Wildman–Crippen MR) is 94.4 cm³/mol. The monoisotopic (exact) mass is 359 g/mol. The Labute approximate surface area is 151 Å². The molecular weight excluding hydrogens is 338 g/mol. The van der Waals surface area contributed by atoms with Gasteiger partial charge in [-0.25, -0.2) is 4.79 Å². The number of aryl methyl sites for hydroxylation is 1. The minimum Gasteiger partial charge on any atom is -0.497 e. The van der Waals surface area contributed by atoms with E-state index in [4.69, 9.17) is 14.2 Å². The number of aromatic amines is 1. The fourth-order valence-electron chi connectivity index (χ4n) is 2.79. The average molecular weight is 359 g/mol. The third kappa shape index (κ3) is 3.77. The molecule has 0 saturated heterocycles. The Hall–Kier alpha value is -3.09. The number of rotatable bonds is 7. The van der Waals surface area contributed by atoms with Crippen LogP contribution in [0.15, 0.2) is 18.2 Å². The molecule has 7 nitrogen and oxygen atoms in total. The zero-order chi connectivity index (χ0) is 19.4. The van der Waals surface area contributed by atoms with Gasteiger partial charge in [-0.1, -0.05) is 0 Å². The van der Waals surface area contributed by atoms with Crippen LogP contribution < -0.4 is 9.47 Å². The van der Waals surface area contributed by atoms with Crippen LogP contribution >= 0.6 is 0 Å². The quantitative estimate of drug-likeness (QED) is 0.603. The zero-order valence-corrected chi connectivity index (χ0v) is 15.4. The summed E-state index contributed by atoms with van der Waals surface area (Å²) in [6.07, 6.45) is 0. The van der Waals surface area contributed by atoms with Crippen molar-refractivity contribution < 1.29 is 28.6 Å². The number of methoxy groups -OCH3 is 2. The number of nitrogens with one attached hydrogen (secondary N) is 1. The number of carbonyl (C=O) groups is 3. The van der Waals surface area contributed by atoms with Crippen molar-refractivity contribution in [1.29, 1.82) is 0 Å². The van der Waals surface area contributed by atoms with E-state index in [9.17, 15) is 14.4 Å². The van der Waals surface area contributed by atoms with Crippen molar-refractivity contribution in [2.75, 3.05) is 20.8 Å². The maximum atomic E-state index is 12.4. The molecule has 138 valence electrons. The van der Waals surface area contributed by atoms with Gasteiger partial charge in [0.25, 0.3) is 0 Å². The first kappa shape index (κ1) is 19.2. The number of Topliss-reactive ketones (excluding diaryl/α,β-unsaturated/α-hetero) is 2. The number of ketones is 2. The number of ether oxygens (including phenoxy) is 3. The SMILES string of the molecule is COc1ccc(C(=O)COC(=O)c2[nH]c(C)c(C(C)=O)c2C)c(OC)c1. The molecule has 7 heteroatoms. The molecule has 0 aliphatic carbocycles. The van der Waals surface area contributed by atoms with E-state index in [2.05, 4.69) is 4.98 Å². The molecular formula is C19H21NO6. The van der Waals surface area contributed by atoms with Gasteiger partial charge in [0.1, 0.15) is 17.2 Å². The number of hydrogen-bond donors (Lipinski definition) is 1. The van der Waals surface area contributed by atoms with Crippen LogP contribution in [0.4, 0.5) is 0 Å². The van der Waals surface area contributed by atoms with E-state index in [0.29, 0.717) is 28.3 Å². The minimum atomic E-state index is -0.695. The van der Waals surface area contributed by atoms with Crippen molar-refractivity contribution in [1.82, 2.24) is 4.98 Å². The lowest BCUT2D eigenvalue weighted by molar-refractivity contribution is 0.0468. The molecule has 2 aromatic rings. The topological polar surface area (TPSA) is 94.7 Å². The smallest absolute Gasteiger partial charge is 0.355 e. The normalized spacial score (nSPS) is 10.3. The lowest BCUT2D eigenvalue weighted by Gasteiger charge is -2.10. The van der Waals surface area contributed by atoms with Gasteiger partial charge >= 0.3 is 5.97 Å². The number of esters is 1. The third-order valence-corrected chi connectivity index (χ3v) is 4.04. The third-order valence-electron chi connectivity index (χ3n) is 4.04. The number of H-pyrrole nitrogens is 1. The van der Waals surface area contributed by atoms with Gasteiger partial charge in [-0.05, 0) is 38.5 Å². The molecule has 1 aromatic heterocycles. The van der Waals surface area contributed by atoms with Crippen LogP contribution in [0.25, 0.3) is 0 Å². The van der Waals surface area contributed by atoms with Crippen LogP contribution in [0.2, 0.25) is 0 Å². The zero-order valence-electron chi connectivity index (χ0n) is 15.4. The van der Waals surface area contributed by atoms with Crippen LogP contribution in [0.5, 0.6) is 11.5 Å². The highest BCUT2D eigenvalue weighted by atomic mass is 16.5. The van der Waals surface area contributed by atoms with E-state index in [1.54, 1.807) is 32.0 Å². The highest BCUT2D eigenvalue weighted by Gasteiger charge is 2.22. The second kappa shape index (κ2) is 7.86. The van der Waals surface area contributed by atoms with Gasteiger partial charge in [0.15, 0.2) is 12.4 Å². The van der Waals surface area contributed by atoms with Crippen LogP contribution in [-0.4, -0.2) is 43.3 Å². The van der Waals surface area contributed by atoms with Crippen LogP contribution in [0, 0.1) is 13.8 Å². The standard InChI is InChI=1S/C19H21NO6/c1-10-17(12(3)21)11(2)20-18(10)19(23)26-9-15(22)14-7-6-13(24-4)8-16(14)25-5/h6-8,20H,9H2,1-5H3. The van der Waals surface area contributed by atoms with E-state index >= 15 is 0 Å². The van der Waals surface area contributed by atoms with E-state index < -0.39 is 18.4 Å². The lowest BCUT2D eigenvalue weighted by Crippen LogP contribution is -2.16. The Kier molecular flexibility index (Phi) is 5.82. The van der Waals surface area contributed by atoms with E-state index in [0.717, 1.165) is 0 Å². The van der Waals surface area contributed by atoms with Gasteiger partial charge in [-0.3, -0.25) is 9.59 Å². The molecule has 26 heavy (non-hydrogen) atoms. The first-order valence-electron chi connectivity index (χ1n) is 7.92. The summed E-state index contributed by atoms with van der Waals surface area (Å²) in [5.74, 6) is -0.375. The Morgan fingerprint density at radius 2 is 1.77 bits per heavy atom. The van der Waals surface area contributed by atoms with Crippen molar-refractivity contribution in [3.8, 4) is 11.5 Å². The molecule has 1 aromatic carbocycles. The van der Waals surface area contributed by atoms with Gasteiger partial charge < -0.3 is 19.2 Å². The average Bonchev–Trinajstić information content (AvgIpc) is 2.93. The fourth-order valence-corrected chi connectivity index (χ4v) is 2.79. The number of benzene rings is 1. The lowest BCUT2D eigenvalue weighted by atomic mass is 10.1.